The zero-order valence-corrected chi connectivity index (χ0v) is 12.4. The summed E-state index contributed by atoms with van der Waals surface area (Å²) in [5.74, 6) is 2.03. The molecule has 0 aromatic carbocycles. The third-order valence-electron chi connectivity index (χ3n) is 2.67. The molecule has 0 saturated carbocycles. The molecule has 0 saturated heterocycles. The smallest absolute Gasteiger partial charge is 0.137 e. The van der Waals surface area contributed by atoms with E-state index in [1.807, 2.05) is 18.0 Å². The predicted molar refractivity (Wildman–Crippen MR) is 79.4 cm³/mol. The SMILES string of the molecule is CCCOc1cncc(C(CCSC)NCC)c1. The topological polar surface area (TPSA) is 34.1 Å². The minimum atomic E-state index is 0.375. The first-order valence-electron chi connectivity index (χ1n) is 6.61. The van der Waals surface area contributed by atoms with Crippen LogP contribution in [0.2, 0.25) is 0 Å². The van der Waals surface area contributed by atoms with E-state index in [9.17, 15) is 0 Å². The van der Waals surface area contributed by atoms with E-state index in [0.29, 0.717) is 6.04 Å². The fraction of sp³-hybridized carbons (Fsp3) is 0.643. The molecule has 3 nitrogen and oxygen atoms in total. The van der Waals surface area contributed by atoms with Crippen molar-refractivity contribution in [3.8, 4) is 5.75 Å². The molecule has 1 aromatic heterocycles. The number of ether oxygens (including phenoxy) is 1. The van der Waals surface area contributed by atoms with Gasteiger partial charge in [-0.05, 0) is 43.0 Å². The van der Waals surface area contributed by atoms with Gasteiger partial charge in [0, 0.05) is 12.2 Å². The molecule has 0 aliphatic carbocycles. The van der Waals surface area contributed by atoms with E-state index in [0.717, 1.165) is 37.5 Å². The van der Waals surface area contributed by atoms with Crippen LogP contribution in [0.3, 0.4) is 0 Å². The Kier molecular flexibility index (Phi) is 7.85. The summed E-state index contributed by atoms with van der Waals surface area (Å²) in [6.07, 6.45) is 8.01. The van der Waals surface area contributed by atoms with E-state index in [-0.39, 0.29) is 0 Å². The Morgan fingerprint density at radius 3 is 2.89 bits per heavy atom. The van der Waals surface area contributed by atoms with E-state index in [4.69, 9.17) is 4.74 Å². The average Bonchev–Trinajstić information content (AvgIpc) is 2.41. The van der Waals surface area contributed by atoms with Gasteiger partial charge in [-0.15, -0.1) is 0 Å². The molecule has 1 atom stereocenters. The molecule has 1 rings (SSSR count). The van der Waals surface area contributed by atoms with Crippen molar-refractivity contribution in [3.05, 3.63) is 24.0 Å². The van der Waals surface area contributed by atoms with Crippen molar-refractivity contribution in [1.29, 1.82) is 0 Å². The summed E-state index contributed by atoms with van der Waals surface area (Å²) >= 11 is 1.88. The van der Waals surface area contributed by atoms with Crippen LogP contribution < -0.4 is 10.1 Å². The molecule has 4 heteroatoms. The zero-order valence-electron chi connectivity index (χ0n) is 11.6. The van der Waals surface area contributed by atoms with Gasteiger partial charge in [0.2, 0.25) is 0 Å². The van der Waals surface area contributed by atoms with Crippen molar-refractivity contribution in [1.82, 2.24) is 10.3 Å². The second-order valence-corrected chi connectivity index (χ2v) is 5.18. The lowest BCUT2D eigenvalue weighted by Gasteiger charge is -2.18. The van der Waals surface area contributed by atoms with Crippen molar-refractivity contribution < 1.29 is 4.74 Å². The molecule has 0 bridgehead atoms. The van der Waals surface area contributed by atoms with Crippen LogP contribution in [0.5, 0.6) is 5.75 Å². The molecule has 0 aliphatic rings. The van der Waals surface area contributed by atoms with E-state index >= 15 is 0 Å². The number of nitrogens with one attached hydrogen (secondary N) is 1. The second-order valence-electron chi connectivity index (χ2n) is 4.19. The van der Waals surface area contributed by atoms with Crippen molar-refractivity contribution in [2.75, 3.05) is 25.2 Å². The highest BCUT2D eigenvalue weighted by Gasteiger charge is 2.11. The molecule has 1 N–H and O–H groups in total. The highest BCUT2D eigenvalue weighted by molar-refractivity contribution is 7.98. The lowest BCUT2D eigenvalue weighted by Crippen LogP contribution is -2.21. The molecule has 1 heterocycles. The Hall–Kier alpha value is -0.740. The highest BCUT2D eigenvalue weighted by atomic mass is 32.2. The van der Waals surface area contributed by atoms with Gasteiger partial charge in [-0.1, -0.05) is 13.8 Å². The Morgan fingerprint density at radius 1 is 1.39 bits per heavy atom. The third-order valence-corrected chi connectivity index (χ3v) is 3.31. The molecule has 0 radical (unpaired) electrons. The van der Waals surface area contributed by atoms with Crippen LogP contribution in [-0.4, -0.2) is 30.1 Å². The third kappa shape index (κ3) is 5.27. The summed E-state index contributed by atoms with van der Waals surface area (Å²) in [5, 5.41) is 3.51. The number of aromatic nitrogens is 1. The summed E-state index contributed by atoms with van der Waals surface area (Å²) in [6.45, 7) is 5.97. The van der Waals surface area contributed by atoms with Gasteiger partial charge in [0.15, 0.2) is 0 Å². The largest absolute Gasteiger partial charge is 0.492 e. The number of thioether (sulfide) groups is 1. The van der Waals surface area contributed by atoms with Gasteiger partial charge >= 0.3 is 0 Å². The Morgan fingerprint density at radius 2 is 2.22 bits per heavy atom. The monoisotopic (exact) mass is 268 g/mol. The van der Waals surface area contributed by atoms with E-state index in [1.165, 1.54) is 5.56 Å². The van der Waals surface area contributed by atoms with Gasteiger partial charge in [0.1, 0.15) is 5.75 Å². The fourth-order valence-corrected chi connectivity index (χ4v) is 2.27. The Bertz CT molecular complexity index is 333. The zero-order chi connectivity index (χ0) is 13.2. The van der Waals surface area contributed by atoms with Crippen molar-refractivity contribution >= 4 is 11.8 Å². The Labute approximate surface area is 115 Å². The standard InChI is InChI=1S/C14H24N2OS/c1-4-7-17-13-9-12(10-15-11-13)14(16-5-2)6-8-18-3/h9-11,14,16H,4-8H2,1-3H3. The molecule has 1 unspecified atom stereocenters. The van der Waals surface area contributed by atoms with Gasteiger partial charge in [-0.25, -0.2) is 0 Å². The lowest BCUT2D eigenvalue weighted by molar-refractivity contribution is 0.315. The number of nitrogens with zero attached hydrogens (tertiary/aromatic N) is 1. The van der Waals surface area contributed by atoms with Crippen molar-refractivity contribution in [3.63, 3.8) is 0 Å². The quantitative estimate of drug-likeness (QED) is 0.745. The van der Waals surface area contributed by atoms with Gasteiger partial charge in [0.05, 0.1) is 12.8 Å². The molecule has 0 aliphatic heterocycles. The van der Waals surface area contributed by atoms with E-state index in [2.05, 4.69) is 36.5 Å². The fourth-order valence-electron chi connectivity index (χ4n) is 1.79. The maximum absolute atomic E-state index is 5.63. The van der Waals surface area contributed by atoms with Crippen LogP contribution in [0.25, 0.3) is 0 Å². The molecule has 0 fully saturated rings. The minimum absolute atomic E-state index is 0.375. The summed E-state index contributed by atoms with van der Waals surface area (Å²) < 4.78 is 5.63. The maximum Gasteiger partial charge on any atom is 0.137 e. The summed E-state index contributed by atoms with van der Waals surface area (Å²) in [7, 11) is 0. The second kappa shape index (κ2) is 9.22. The van der Waals surface area contributed by atoms with Crippen LogP contribution in [-0.2, 0) is 0 Å². The van der Waals surface area contributed by atoms with E-state index in [1.54, 1.807) is 6.20 Å². The molecule has 102 valence electrons. The first-order chi connectivity index (χ1) is 8.81. The van der Waals surface area contributed by atoms with Gasteiger partial charge in [-0.2, -0.15) is 11.8 Å². The Balaban J connectivity index is 2.70. The molecular formula is C14H24N2OS. The molecule has 1 aromatic rings. The number of hydrogen-bond donors (Lipinski definition) is 1. The molecule has 0 spiro atoms. The molecule has 0 amide bonds. The van der Waals surface area contributed by atoms with Crippen LogP contribution in [0.15, 0.2) is 18.5 Å². The first-order valence-corrected chi connectivity index (χ1v) is 8.01. The lowest BCUT2D eigenvalue weighted by atomic mass is 10.1. The number of hydrogen-bond acceptors (Lipinski definition) is 4. The number of rotatable bonds is 9. The molecule has 18 heavy (non-hydrogen) atoms. The van der Waals surface area contributed by atoms with Gasteiger partial charge < -0.3 is 10.1 Å². The van der Waals surface area contributed by atoms with Crippen LogP contribution in [0, 0.1) is 0 Å². The van der Waals surface area contributed by atoms with E-state index < -0.39 is 0 Å². The summed E-state index contributed by atoms with van der Waals surface area (Å²) in [5.41, 5.74) is 1.22. The van der Waals surface area contributed by atoms with Crippen molar-refractivity contribution in [2.45, 2.75) is 32.7 Å². The van der Waals surface area contributed by atoms with Crippen LogP contribution in [0.1, 0.15) is 38.3 Å². The maximum atomic E-state index is 5.63. The molecular weight excluding hydrogens is 244 g/mol. The summed E-state index contributed by atoms with van der Waals surface area (Å²) in [6, 6.07) is 2.48. The average molecular weight is 268 g/mol. The van der Waals surface area contributed by atoms with Crippen molar-refractivity contribution in [2.24, 2.45) is 0 Å². The first kappa shape index (κ1) is 15.3. The van der Waals surface area contributed by atoms with Crippen LogP contribution in [0.4, 0.5) is 0 Å². The van der Waals surface area contributed by atoms with Crippen LogP contribution >= 0.6 is 11.8 Å². The summed E-state index contributed by atoms with van der Waals surface area (Å²) in [4.78, 5) is 4.28. The number of pyridine rings is 1. The predicted octanol–water partition coefficient (Wildman–Crippen LogP) is 3.27. The van der Waals surface area contributed by atoms with Gasteiger partial charge in [-0.3, -0.25) is 4.98 Å². The normalized spacial score (nSPS) is 12.4. The minimum Gasteiger partial charge on any atom is -0.492 e. The van der Waals surface area contributed by atoms with Gasteiger partial charge in [0.25, 0.3) is 0 Å². The highest BCUT2D eigenvalue weighted by Crippen LogP contribution is 2.21.